The summed E-state index contributed by atoms with van der Waals surface area (Å²) in [5, 5.41) is 25.1. The number of benzene rings is 4. The summed E-state index contributed by atoms with van der Waals surface area (Å²) in [6.45, 7) is 4.19. The van der Waals surface area contributed by atoms with Crippen LogP contribution in [0.25, 0.3) is 10.8 Å². The van der Waals surface area contributed by atoms with Crippen LogP contribution in [0.5, 0.6) is 0 Å². The topological polar surface area (TPSA) is 133 Å². The zero-order chi connectivity index (χ0) is 27.4. The molecule has 0 atom stereocenters. The lowest BCUT2D eigenvalue weighted by molar-refractivity contribution is 0.0684. The quantitative estimate of drug-likeness (QED) is 0.271. The average molecular weight is 511 g/mol. The van der Waals surface area contributed by atoms with Gasteiger partial charge in [0.2, 0.25) is 0 Å². The maximum absolute atomic E-state index is 13.3. The number of carbonyl (C=O) groups is 4. The first-order valence-corrected chi connectivity index (χ1v) is 11.9. The number of aromatic carboxylic acids is 2. The zero-order valence-electron chi connectivity index (χ0n) is 20.9. The molecule has 0 saturated heterocycles. The van der Waals surface area contributed by atoms with Crippen molar-refractivity contribution in [1.82, 2.24) is 10.6 Å². The Kier molecular flexibility index (Phi) is 7.53. The molecule has 0 fully saturated rings. The molecule has 0 bridgehead atoms. The first-order valence-electron chi connectivity index (χ1n) is 11.9. The van der Waals surface area contributed by atoms with Crippen LogP contribution in [0.15, 0.2) is 72.8 Å². The second-order valence-corrected chi connectivity index (χ2v) is 8.90. The molecular weight excluding hydrogens is 484 g/mol. The Hall–Kier alpha value is -4.98. The largest absolute Gasteiger partial charge is 0.478 e. The van der Waals surface area contributed by atoms with Crippen molar-refractivity contribution in [2.24, 2.45) is 0 Å². The molecule has 38 heavy (non-hydrogen) atoms. The van der Waals surface area contributed by atoms with Crippen LogP contribution in [0.3, 0.4) is 0 Å². The minimum absolute atomic E-state index is 0.0375. The Morgan fingerprint density at radius 1 is 0.553 bits per heavy atom. The summed E-state index contributed by atoms with van der Waals surface area (Å²) in [6, 6.07) is 20.0. The number of hydrogen-bond donors (Lipinski definition) is 4. The first kappa shape index (κ1) is 26.1. The summed E-state index contributed by atoms with van der Waals surface area (Å²) in [6.07, 6.45) is 0. The number of hydrogen-bond acceptors (Lipinski definition) is 4. The third kappa shape index (κ3) is 5.24. The molecule has 0 aromatic heterocycles. The molecule has 4 aromatic carbocycles. The standard InChI is InChI=1S/C30H26N2O6/c1-17-7-3-5-9-19(17)15-31-27(33)21-11-12-22(28(34)32-16-20-10-6-4-8-18(20)2)26-24(30(37)38)14-13-23(25(21)26)29(35)36/h3-14H,15-16H2,1-2H3,(H,31,33)(H,32,34)(H,35,36)(H,37,38). The molecule has 4 N–H and O–H groups in total. The molecule has 0 saturated carbocycles. The minimum atomic E-state index is -1.35. The van der Waals surface area contributed by atoms with E-state index in [2.05, 4.69) is 10.6 Å². The van der Waals surface area contributed by atoms with E-state index in [1.807, 2.05) is 62.4 Å². The summed E-state index contributed by atoms with van der Waals surface area (Å²) in [7, 11) is 0. The third-order valence-corrected chi connectivity index (χ3v) is 6.51. The summed E-state index contributed by atoms with van der Waals surface area (Å²) in [5.41, 5.74) is 3.06. The number of carbonyl (C=O) groups excluding carboxylic acids is 2. The number of amides is 2. The van der Waals surface area contributed by atoms with Crippen LogP contribution >= 0.6 is 0 Å². The van der Waals surface area contributed by atoms with Gasteiger partial charge in [-0.1, -0.05) is 48.5 Å². The van der Waals surface area contributed by atoms with Gasteiger partial charge in [-0.2, -0.15) is 0 Å². The number of carboxylic acids is 2. The lowest BCUT2D eigenvalue weighted by atomic mass is 9.90. The smallest absolute Gasteiger partial charge is 0.336 e. The van der Waals surface area contributed by atoms with Gasteiger partial charge in [0, 0.05) is 35.0 Å². The fourth-order valence-corrected chi connectivity index (χ4v) is 4.39. The van der Waals surface area contributed by atoms with E-state index in [1.54, 1.807) is 0 Å². The van der Waals surface area contributed by atoms with Crippen LogP contribution in [-0.2, 0) is 13.1 Å². The summed E-state index contributed by atoms with van der Waals surface area (Å²) in [4.78, 5) is 50.8. The molecule has 8 nitrogen and oxygen atoms in total. The lowest BCUT2D eigenvalue weighted by Gasteiger charge is -2.16. The van der Waals surface area contributed by atoms with Crippen LogP contribution < -0.4 is 10.6 Å². The molecule has 0 unspecified atom stereocenters. The van der Waals surface area contributed by atoms with Crippen molar-refractivity contribution >= 4 is 34.5 Å². The number of nitrogens with one attached hydrogen (secondary N) is 2. The average Bonchev–Trinajstić information content (AvgIpc) is 2.90. The van der Waals surface area contributed by atoms with E-state index >= 15 is 0 Å². The van der Waals surface area contributed by atoms with Gasteiger partial charge in [0.15, 0.2) is 0 Å². The number of aryl methyl sites for hydroxylation is 2. The van der Waals surface area contributed by atoms with Gasteiger partial charge in [-0.25, -0.2) is 9.59 Å². The molecule has 0 aliphatic heterocycles. The molecule has 0 aliphatic carbocycles. The molecule has 8 heteroatoms. The third-order valence-electron chi connectivity index (χ3n) is 6.51. The Labute approximate surface area is 218 Å². The van der Waals surface area contributed by atoms with Crippen molar-refractivity contribution in [3.63, 3.8) is 0 Å². The van der Waals surface area contributed by atoms with Crippen LogP contribution in [0.4, 0.5) is 0 Å². The van der Waals surface area contributed by atoms with Crippen LogP contribution in [0.2, 0.25) is 0 Å². The van der Waals surface area contributed by atoms with Crippen molar-refractivity contribution in [3.8, 4) is 0 Å². The number of fused-ring (bicyclic) bond motifs is 1. The van der Waals surface area contributed by atoms with Gasteiger partial charge in [0.05, 0.1) is 11.1 Å². The SMILES string of the molecule is Cc1ccccc1CNC(=O)c1ccc(C(=O)NCc2ccccc2C)c2c(C(=O)O)ccc(C(=O)O)c12. The first-order chi connectivity index (χ1) is 18.2. The van der Waals surface area contributed by atoms with Crippen molar-refractivity contribution in [3.05, 3.63) is 117 Å². The maximum Gasteiger partial charge on any atom is 0.336 e. The maximum atomic E-state index is 13.3. The Bertz CT molecular complexity index is 1470. The Morgan fingerprint density at radius 3 is 1.24 bits per heavy atom. The molecular formula is C30H26N2O6. The van der Waals surface area contributed by atoms with E-state index in [4.69, 9.17) is 0 Å². The van der Waals surface area contributed by atoms with Gasteiger partial charge in [-0.05, 0) is 60.4 Å². The lowest BCUT2D eigenvalue weighted by Crippen LogP contribution is -2.26. The Balaban J connectivity index is 1.80. The summed E-state index contributed by atoms with van der Waals surface area (Å²) < 4.78 is 0. The van der Waals surface area contributed by atoms with Crippen LogP contribution in [0, 0.1) is 13.8 Å². The minimum Gasteiger partial charge on any atom is -0.478 e. The summed E-state index contributed by atoms with van der Waals surface area (Å²) in [5.74, 6) is -3.87. The van der Waals surface area contributed by atoms with Crippen molar-refractivity contribution < 1.29 is 29.4 Å². The van der Waals surface area contributed by atoms with E-state index in [0.717, 1.165) is 34.4 Å². The van der Waals surface area contributed by atoms with E-state index in [-0.39, 0.29) is 46.1 Å². The van der Waals surface area contributed by atoms with Gasteiger partial charge in [0.1, 0.15) is 0 Å². The Morgan fingerprint density at radius 2 is 0.895 bits per heavy atom. The van der Waals surface area contributed by atoms with Crippen LogP contribution in [0.1, 0.15) is 63.7 Å². The molecule has 4 aromatic rings. The molecule has 0 aliphatic rings. The van der Waals surface area contributed by atoms with Gasteiger partial charge >= 0.3 is 11.9 Å². The van der Waals surface area contributed by atoms with Gasteiger partial charge in [-0.3, -0.25) is 9.59 Å². The predicted molar refractivity (Wildman–Crippen MR) is 143 cm³/mol. The van der Waals surface area contributed by atoms with E-state index in [0.29, 0.717) is 0 Å². The molecule has 0 spiro atoms. The zero-order valence-corrected chi connectivity index (χ0v) is 20.9. The van der Waals surface area contributed by atoms with Gasteiger partial charge in [-0.15, -0.1) is 0 Å². The van der Waals surface area contributed by atoms with E-state index in [9.17, 15) is 29.4 Å². The second-order valence-electron chi connectivity index (χ2n) is 8.90. The molecule has 2 amide bonds. The van der Waals surface area contributed by atoms with Crippen molar-refractivity contribution in [2.75, 3.05) is 0 Å². The number of rotatable bonds is 8. The highest BCUT2D eigenvalue weighted by Crippen LogP contribution is 2.31. The van der Waals surface area contributed by atoms with Gasteiger partial charge in [0.25, 0.3) is 11.8 Å². The fourth-order valence-electron chi connectivity index (χ4n) is 4.39. The highest BCUT2D eigenvalue weighted by molar-refractivity contribution is 6.23. The van der Waals surface area contributed by atoms with Crippen LogP contribution in [-0.4, -0.2) is 34.0 Å². The summed E-state index contributed by atoms with van der Waals surface area (Å²) >= 11 is 0. The van der Waals surface area contributed by atoms with Crippen molar-refractivity contribution in [1.29, 1.82) is 0 Å². The molecule has 192 valence electrons. The molecule has 4 rings (SSSR count). The normalized spacial score (nSPS) is 10.7. The number of carboxylic acid groups (broad SMARTS) is 2. The monoisotopic (exact) mass is 510 g/mol. The predicted octanol–water partition coefficient (Wildman–Crippen LogP) is 4.71. The second kappa shape index (κ2) is 11.0. The molecule has 0 heterocycles. The highest BCUT2D eigenvalue weighted by Gasteiger charge is 2.25. The molecule has 0 radical (unpaired) electrons. The van der Waals surface area contributed by atoms with E-state index in [1.165, 1.54) is 12.1 Å². The fraction of sp³-hybridized carbons (Fsp3) is 0.133. The van der Waals surface area contributed by atoms with E-state index < -0.39 is 23.8 Å². The van der Waals surface area contributed by atoms with Crippen molar-refractivity contribution in [2.45, 2.75) is 26.9 Å². The highest BCUT2D eigenvalue weighted by atomic mass is 16.4. The van der Waals surface area contributed by atoms with Gasteiger partial charge < -0.3 is 20.8 Å².